The summed E-state index contributed by atoms with van der Waals surface area (Å²) in [6.45, 7) is 0. The van der Waals surface area contributed by atoms with Crippen LogP contribution in [0.15, 0.2) is 22.7 Å². The predicted molar refractivity (Wildman–Crippen MR) is 89.0 cm³/mol. The molecule has 3 rings (SSSR count). The number of carboxylic acid groups (broad SMARTS) is 1. The number of carbonyl (C=O) groups excluding carboxylic acids is 1. The number of ether oxygens (including phenoxy) is 1. The molecule has 0 spiro atoms. The van der Waals surface area contributed by atoms with Gasteiger partial charge in [0, 0.05) is 12.0 Å². The van der Waals surface area contributed by atoms with Gasteiger partial charge in [0.15, 0.2) is 11.7 Å². The van der Waals surface area contributed by atoms with E-state index in [0.29, 0.717) is 23.5 Å². The van der Waals surface area contributed by atoms with Gasteiger partial charge in [-0.05, 0) is 37.0 Å². The minimum atomic E-state index is -1.26. The molecule has 1 unspecified atom stereocenters. The summed E-state index contributed by atoms with van der Waals surface area (Å²) < 4.78 is 10.3. The molecule has 8 heteroatoms. The summed E-state index contributed by atoms with van der Waals surface area (Å²) in [5.74, 6) is -0.652. The molecular formula is C17H17ClN2O5. The first-order valence-corrected chi connectivity index (χ1v) is 8.23. The van der Waals surface area contributed by atoms with Crippen molar-refractivity contribution in [2.75, 3.05) is 7.11 Å². The maximum absolute atomic E-state index is 12.5. The molecule has 1 amide bonds. The number of amides is 1. The minimum Gasteiger partial charge on any atom is -0.495 e. The van der Waals surface area contributed by atoms with Gasteiger partial charge in [-0.3, -0.25) is 4.79 Å². The Kier molecular flexibility index (Phi) is 4.94. The van der Waals surface area contributed by atoms with Crippen molar-refractivity contribution in [2.24, 2.45) is 0 Å². The number of halogens is 1. The number of fused-ring (bicyclic) bond motifs is 1. The fourth-order valence-electron chi connectivity index (χ4n) is 2.91. The molecule has 0 aliphatic heterocycles. The summed E-state index contributed by atoms with van der Waals surface area (Å²) in [6.07, 6.45) is 3.38. The fraction of sp³-hybridized carbons (Fsp3) is 0.353. The lowest BCUT2D eigenvalue weighted by Crippen LogP contribution is -2.34. The number of aryl methyl sites for hydroxylation is 1. The third-order valence-electron chi connectivity index (χ3n) is 4.20. The molecule has 0 fully saturated rings. The molecule has 0 saturated heterocycles. The largest absolute Gasteiger partial charge is 0.495 e. The van der Waals surface area contributed by atoms with Crippen molar-refractivity contribution < 1.29 is 24.0 Å². The van der Waals surface area contributed by atoms with Crippen LogP contribution in [0.5, 0.6) is 5.75 Å². The number of benzene rings is 1. The number of nitrogens with one attached hydrogen (secondary N) is 1. The van der Waals surface area contributed by atoms with E-state index < -0.39 is 17.9 Å². The molecule has 132 valence electrons. The second-order valence-electron chi connectivity index (χ2n) is 5.78. The summed E-state index contributed by atoms with van der Waals surface area (Å²) >= 11 is 6.05. The highest BCUT2D eigenvalue weighted by Crippen LogP contribution is 2.29. The summed E-state index contributed by atoms with van der Waals surface area (Å²) in [5, 5.41) is 16.1. The van der Waals surface area contributed by atoms with Gasteiger partial charge in [0.25, 0.3) is 5.91 Å². The van der Waals surface area contributed by atoms with E-state index in [1.54, 1.807) is 12.1 Å². The van der Waals surface area contributed by atoms with Crippen LogP contribution >= 0.6 is 11.6 Å². The van der Waals surface area contributed by atoms with Crippen LogP contribution in [0.25, 0.3) is 0 Å². The molecule has 1 aliphatic carbocycles. The van der Waals surface area contributed by atoms with Gasteiger partial charge < -0.3 is 19.7 Å². The average Bonchev–Trinajstić information content (AvgIpc) is 3.03. The zero-order valence-corrected chi connectivity index (χ0v) is 14.3. The van der Waals surface area contributed by atoms with Crippen molar-refractivity contribution in [3.63, 3.8) is 0 Å². The van der Waals surface area contributed by atoms with Crippen LogP contribution in [0.4, 0.5) is 0 Å². The van der Waals surface area contributed by atoms with Crippen molar-refractivity contribution in [2.45, 2.75) is 31.7 Å². The number of hydrogen-bond donors (Lipinski definition) is 2. The Bertz CT molecular complexity index is 817. The quantitative estimate of drug-likeness (QED) is 0.845. The van der Waals surface area contributed by atoms with Crippen molar-refractivity contribution in [1.29, 1.82) is 0 Å². The molecule has 7 nitrogen and oxygen atoms in total. The van der Waals surface area contributed by atoms with Crippen LogP contribution in [-0.4, -0.2) is 29.2 Å². The number of nitrogens with zero attached hydrogens (tertiary/aromatic N) is 1. The van der Waals surface area contributed by atoms with Gasteiger partial charge in [0.05, 0.1) is 12.1 Å². The van der Waals surface area contributed by atoms with Gasteiger partial charge in [0.1, 0.15) is 11.5 Å². The monoisotopic (exact) mass is 364 g/mol. The zero-order valence-electron chi connectivity index (χ0n) is 13.5. The number of carbonyl (C=O) groups is 2. The van der Waals surface area contributed by atoms with Crippen LogP contribution < -0.4 is 10.1 Å². The van der Waals surface area contributed by atoms with Crippen LogP contribution in [0.1, 0.15) is 46.3 Å². The first-order chi connectivity index (χ1) is 12.0. The summed E-state index contributed by atoms with van der Waals surface area (Å²) in [6, 6.07) is 3.30. The zero-order chi connectivity index (χ0) is 18.0. The molecule has 2 N–H and O–H groups in total. The maximum atomic E-state index is 12.5. The highest BCUT2D eigenvalue weighted by molar-refractivity contribution is 6.32. The lowest BCUT2D eigenvalue weighted by molar-refractivity contribution is -0.139. The summed E-state index contributed by atoms with van der Waals surface area (Å²) in [4.78, 5) is 24.1. The Morgan fingerprint density at radius 3 is 2.80 bits per heavy atom. The maximum Gasteiger partial charge on any atom is 0.330 e. The first kappa shape index (κ1) is 17.3. The van der Waals surface area contributed by atoms with E-state index in [2.05, 4.69) is 10.5 Å². The molecular weight excluding hydrogens is 348 g/mol. The topological polar surface area (TPSA) is 102 Å². The number of carboxylic acids is 1. The van der Waals surface area contributed by atoms with Gasteiger partial charge in [0.2, 0.25) is 0 Å². The van der Waals surface area contributed by atoms with Crippen LogP contribution in [0, 0.1) is 0 Å². The lowest BCUT2D eigenvalue weighted by atomic mass is 9.96. The highest BCUT2D eigenvalue weighted by atomic mass is 35.5. The van der Waals surface area contributed by atoms with Gasteiger partial charge >= 0.3 is 5.97 Å². The number of hydrogen-bond acceptors (Lipinski definition) is 5. The van der Waals surface area contributed by atoms with Gasteiger partial charge in [-0.2, -0.15) is 0 Å². The fourth-order valence-corrected chi connectivity index (χ4v) is 3.18. The Morgan fingerprint density at radius 1 is 1.36 bits per heavy atom. The Balaban J connectivity index is 1.85. The second-order valence-corrected chi connectivity index (χ2v) is 6.19. The van der Waals surface area contributed by atoms with Crippen molar-refractivity contribution in [3.8, 4) is 5.75 Å². The van der Waals surface area contributed by atoms with E-state index in [1.807, 2.05) is 0 Å². The van der Waals surface area contributed by atoms with E-state index >= 15 is 0 Å². The second kappa shape index (κ2) is 7.14. The van der Waals surface area contributed by atoms with Gasteiger partial charge in [-0.1, -0.05) is 22.8 Å². The normalized spacial score (nSPS) is 14.5. The molecule has 25 heavy (non-hydrogen) atoms. The number of methoxy groups -OCH3 is 1. The van der Waals surface area contributed by atoms with Crippen LogP contribution in [-0.2, 0) is 17.6 Å². The van der Waals surface area contributed by atoms with Crippen molar-refractivity contribution >= 4 is 23.5 Å². The minimum absolute atomic E-state index is 0.153. The SMILES string of the molecule is COc1ccc(C(NC(=O)c2noc3c2CCCC3)C(=O)O)cc1Cl. The average molecular weight is 365 g/mol. The van der Waals surface area contributed by atoms with E-state index in [1.165, 1.54) is 13.2 Å². The van der Waals surface area contributed by atoms with Crippen LogP contribution in [0.2, 0.25) is 5.02 Å². The van der Waals surface area contributed by atoms with Gasteiger partial charge in [-0.15, -0.1) is 0 Å². The molecule has 0 saturated carbocycles. The first-order valence-electron chi connectivity index (χ1n) is 7.85. The Labute approximate surface area is 148 Å². The smallest absolute Gasteiger partial charge is 0.330 e. The number of rotatable bonds is 5. The van der Waals surface area contributed by atoms with Crippen molar-refractivity contribution in [3.05, 3.63) is 45.8 Å². The molecule has 2 aromatic rings. The summed E-state index contributed by atoms with van der Waals surface area (Å²) in [7, 11) is 1.46. The molecule has 1 heterocycles. The number of aliphatic carboxylic acids is 1. The van der Waals surface area contributed by atoms with Crippen LogP contribution in [0.3, 0.4) is 0 Å². The van der Waals surface area contributed by atoms with E-state index in [0.717, 1.165) is 24.8 Å². The van der Waals surface area contributed by atoms with E-state index in [-0.39, 0.29) is 10.7 Å². The van der Waals surface area contributed by atoms with E-state index in [4.69, 9.17) is 20.9 Å². The molecule has 1 aromatic heterocycles. The number of aromatic nitrogens is 1. The third-order valence-corrected chi connectivity index (χ3v) is 4.49. The Hall–Kier alpha value is -2.54. The lowest BCUT2D eigenvalue weighted by Gasteiger charge is -2.16. The summed E-state index contributed by atoms with van der Waals surface area (Å²) in [5.41, 5.74) is 1.25. The third kappa shape index (κ3) is 3.46. The van der Waals surface area contributed by atoms with Gasteiger partial charge in [-0.25, -0.2) is 4.79 Å². The van der Waals surface area contributed by atoms with Crippen molar-refractivity contribution in [1.82, 2.24) is 10.5 Å². The standard InChI is InChI=1S/C17H17ClN2O5/c1-24-13-7-6-9(8-11(13)18)14(17(22)23)19-16(21)15-10-4-2-3-5-12(10)25-20-15/h6-8,14H,2-5H2,1H3,(H,19,21)(H,22,23). The van der Waals surface area contributed by atoms with E-state index in [9.17, 15) is 14.7 Å². The highest BCUT2D eigenvalue weighted by Gasteiger charge is 2.28. The Morgan fingerprint density at radius 2 is 2.12 bits per heavy atom. The molecule has 1 aromatic carbocycles. The molecule has 0 bridgehead atoms. The molecule has 1 aliphatic rings. The predicted octanol–water partition coefficient (Wildman–Crippen LogP) is 2.77. The molecule has 1 atom stereocenters. The molecule has 0 radical (unpaired) electrons.